The van der Waals surface area contributed by atoms with E-state index in [4.69, 9.17) is 0 Å². The fourth-order valence-electron chi connectivity index (χ4n) is 2.77. The molecule has 1 heterocycles. The number of carbonyl (C=O) groups excluding carboxylic acids is 1. The summed E-state index contributed by atoms with van der Waals surface area (Å²) in [6.45, 7) is 1.37. The fourth-order valence-corrected chi connectivity index (χ4v) is 4.62. The second kappa shape index (κ2) is 7.51. The van der Waals surface area contributed by atoms with E-state index in [2.05, 4.69) is 20.8 Å². The van der Waals surface area contributed by atoms with Gasteiger partial charge in [-0.05, 0) is 61.1 Å². The molecule has 2 rings (SSSR count). The normalized spacial score (nSPS) is 19.1. The van der Waals surface area contributed by atoms with Gasteiger partial charge in [-0.25, -0.2) is 12.7 Å². The molecule has 1 unspecified atom stereocenters. The molecular weight excluding hydrogens is 394 g/mol. The number of likely N-dealkylation sites (tertiary alicyclic amines) is 1. The molecule has 134 valence electrons. The van der Waals surface area contributed by atoms with Crippen molar-refractivity contribution in [2.75, 3.05) is 41.3 Å². The molecule has 1 aliphatic heterocycles. The number of hydrogen-bond acceptors (Lipinski definition) is 4. The van der Waals surface area contributed by atoms with Gasteiger partial charge in [-0.1, -0.05) is 0 Å². The molecule has 1 saturated heterocycles. The number of carbonyl (C=O) groups is 1. The van der Waals surface area contributed by atoms with Crippen LogP contribution in [0.2, 0.25) is 0 Å². The molecule has 24 heavy (non-hydrogen) atoms. The van der Waals surface area contributed by atoms with Gasteiger partial charge in [0.2, 0.25) is 10.0 Å². The highest BCUT2D eigenvalue weighted by Gasteiger charge is 2.27. The average molecular weight is 418 g/mol. The first-order valence-electron chi connectivity index (χ1n) is 7.82. The van der Waals surface area contributed by atoms with Crippen LogP contribution in [-0.4, -0.2) is 75.8 Å². The molecule has 1 amide bonds. The van der Waals surface area contributed by atoms with Crippen LogP contribution < -0.4 is 0 Å². The van der Waals surface area contributed by atoms with Crippen molar-refractivity contribution in [1.29, 1.82) is 0 Å². The maximum Gasteiger partial charge on any atom is 0.253 e. The number of hydrogen-bond donors (Lipinski definition) is 0. The summed E-state index contributed by atoms with van der Waals surface area (Å²) in [4.78, 5) is 16.9. The third-order valence-corrected chi connectivity index (χ3v) is 7.16. The van der Waals surface area contributed by atoms with Crippen LogP contribution in [0.15, 0.2) is 27.6 Å². The molecule has 1 aromatic rings. The Morgan fingerprint density at radius 3 is 2.50 bits per heavy atom. The molecule has 0 aliphatic carbocycles. The van der Waals surface area contributed by atoms with E-state index in [1.165, 1.54) is 20.2 Å². The van der Waals surface area contributed by atoms with E-state index in [1.54, 1.807) is 12.1 Å². The predicted molar refractivity (Wildman–Crippen MR) is 97.6 cm³/mol. The molecule has 0 bridgehead atoms. The van der Waals surface area contributed by atoms with Crippen LogP contribution in [0.4, 0.5) is 0 Å². The Balaban J connectivity index is 2.31. The number of likely N-dealkylation sites (N-methyl/N-ethyl adjacent to an activating group) is 1. The number of piperidine rings is 1. The topological polar surface area (TPSA) is 60.9 Å². The van der Waals surface area contributed by atoms with Crippen LogP contribution >= 0.6 is 15.9 Å². The average Bonchev–Trinajstić information content (AvgIpc) is 2.54. The Labute approximate surface area is 152 Å². The van der Waals surface area contributed by atoms with E-state index in [0.717, 1.165) is 17.1 Å². The Hall–Kier alpha value is -0.960. The van der Waals surface area contributed by atoms with Gasteiger partial charge < -0.3 is 9.80 Å². The third-order valence-electron chi connectivity index (χ3n) is 4.35. The molecule has 1 fully saturated rings. The zero-order chi connectivity index (χ0) is 18.1. The number of amides is 1. The van der Waals surface area contributed by atoms with Crippen LogP contribution in [-0.2, 0) is 10.0 Å². The van der Waals surface area contributed by atoms with Crippen molar-refractivity contribution in [3.63, 3.8) is 0 Å². The van der Waals surface area contributed by atoms with E-state index in [9.17, 15) is 13.2 Å². The van der Waals surface area contributed by atoms with E-state index in [1.807, 2.05) is 19.0 Å². The number of rotatable bonds is 4. The maximum atomic E-state index is 12.8. The van der Waals surface area contributed by atoms with Crippen LogP contribution in [0.1, 0.15) is 23.2 Å². The largest absolute Gasteiger partial charge is 0.337 e. The molecule has 0 saturated carbocycles. The first kappa shape index (κ1) is 19.4. The summed E-state index contributed by atoms with van der Waals surface area (Å²) >= 11 is 3.27. The van der Waals surface area contributed by atoms with Gasteiger partial charge >= 0.3 is 0 Å². The summed E-state index contributed by atoms with van der Waals surface area (Å²) < 4.78 is 26.4. The van der Waals surface area contributed by atoms with Crippen molar-refractivity contribution in [2.24, 2.45) is 0 Å². The number of sulfonamides is 1. The van der Waals surface area contributed by atoms with Gasteiger partial charge in [-0.3, -0.25) is 4.79 Å². The lowest BCUT2D eigenvalue weighted by Crippen LogP contribution is -2.47. The monoisotopic (exact) mass is 417 g/mol. The van der Waals surface area contributed by atoms with E-state index in [-0.39, 0.29) is 10.8 Å². The number of halogens is 1. The summed E-state index contributed by atoms with van der Waals surface area (Å²) in [6.07, 6.45) is 2.02. The minimum absolute atomic E-state index is 0.111. The highest BCUT2D eigenvalue weighted by atomic mass is 79.9. The quantitative estimate of drug-likeness (QED) is 0.749. The zero-order valence-electron chi connectivity index (χ0n) is 14.5. The number of nitrogens with zero attached hydrogens (tertiary/aromatic N) is 3. The summed E-state index contributed by atoms with van der Waals surface area (Å²) in [5, 5.41) is 0. The van der Waals surface area contributed by atoms with Gasteiger partial charge in [-0.15, -0.1) is 0 Å². The molecule has 1 aliphatic rings. The van der Waals surface area contributed by atoms with Crippen LogP contribution in [0, 0.1) is 0 Å². The van der Waals surface area contributed by atoms with Gasteiger partial charge in [0.1, 0.15) is 0 Å². The lowest BCUT2D eigenvalue weighted by atomic mass is 10.0. The molecule has 6 nitrogen and oxygen atoms in total. The van der Waals surface area contributed by atoms with E-state index >= 15 is 0 Å². The third kappa shape index (κ3) is 3.99. The SMILES string of the molecule is CN(C)C1CCCN(C(=O)c2ccc(Br)c(S(=O)(=O)N(C)C)c2)C1. The second-order valence-corrected chi connectivity index (χ2v) is 9.42. The van der Waals surface area contributed by atoms with Gasteiger partial charge in [0.15, 0.2) is 0 Å². The first-order valence-corrected chi connectivity index (χ1v) is 10.1. The molecule has 0 aromatic heterocycles. The highest BCUT2D eigenvalue weighted by Crippen LogP contribution is 2.26. The van der Waals surface area contributed by atoms with Crippen molar-refractivity contribution < 1.29 is 13.2 Å². The highest BCUT2D eigenvalue weighted by molar-refractivity contribution is 9.10. The van der Waals surface area contributed by atoms with Gasteiger partial charge in [0.25, 0.3) is 5.91 Å². The molecular formula is C16H24BrN3O3S. The second-order valence-electron chi connectivity index (χ2n) is 6.44. The van der Waals surface area contributed by atoms with Crippen molar-refractivity contribution in [2.45, 2.75) is 23.8 Å². The van der Waals surface area contributed by atoms with Crippen molar-refractivity contribution in [1.82, 2.24) is 14.1 Å². The van der Waals surface area contributed by atoms with Gasteiger partial charge in [-0.2, -0.15) is 0 Å². The van der Waals surface area contributed by atoms with E-state index < -0.39 is 10.0 Å². The summed E-state index contributed by atoms with van der Waals surface area (Å²) in [6, 6.07) is 5.08. The molecule has 1 atom stereocenters. The Kier molecular flexibility index (Phi) is 6.06. The van der Waals surface area contributed by atoms with Crippen molar-refractivity contribution in [3.05, 3.63) is 28.2 Å². The Morgan fingerprint density at radius 1 is 1.25 bits per heavy atom. The fraction of sp³-hybridized carbons (Fsp3) is 0.562. The Morgan fingerprint density at radius 2 is 1.92 bits per heavy atom. The molecule has 0 N–H and O–H groups in total. The van der Waals surface area contributed by atoms with Crippen LogP contribution in [0.25, 0.3) is 0 Å². The maximum absolute atomic E-state index is 12.8. The van der Waals surface area contributed by atoms with Crippen molar-refractivity contribution in [3.8, 4) is 0 Å². The first-order chi connectivity index (χ1) is 11.1. The lowest BCUT2D eigenvalue weighted by molar-refractivity contribution is 0.0635. The molecule has 1 aromatic carbocycles. The standard InChI is InChI=1S/C16H24BrN3O3S/c1-18(2)13-6-5-9-20(11-13)16(21)12-7-8-14(17)15(10-12)24(22,23)19(3)4/h7-8,10,13H,5-6,9,11H2,1-4H3. The minimum Gasteiger partial charge on any atom is -0.337 e. The van der Waals surface area contributed by atoms with E-state index in [0.29, 0.717) is 29.2 Å². The Bertz CT molecular complexity index is 719. The molecule has 8 heteroatoms. The lowest BCUT2D eigenvalue weighted by Gasteiger charge is -2.36. The summed E-state index contributed by atoms with van der Waals surface area (Å²) in [5.41, 5.74) is 0.401. The number of benzene rings is 1. The van der Waals surface area contributed by atoms with Gasteiger partial charge in [0.05, 0.1) is 4.90 Å². The smallest absolute Gasteiger partial charge is 0.253 e. The molecule has 0 spiro atoms. The minimum atomic E-state index is -3.61. The van der Waals surface area contributed by atoms with Crippen LogP contribution in [0.3, 0.4) is 0 Å². The summed E-state index contributed by atoms with van der Waals surface area (Å²) in [5.74, 6) is -0.121. The van der Waals surface area contributed by atoms with Gasteiger partial charge in [0, 0.05) is 43.3 Å². The van der Waals surface area contributed by atoms with Crippen LogP contribution in [0.5, 0.6) is 0 Å². The predicted octanol–water partition coefficient (Wildman–Crippen LogP) is 1.87. The summed E-state index contributed by atoms with van der Waals surface area (Å²) in [7, 11) is 3.37. The zero-order valence-corrected chi connectivity index (χ0v) is 16.9. The molecule has 0 radical (unpaired) electrons. The van der Waals surface area contributed by atoms with Crippen molar-refractivity contribution >= 4 is 31.9 Å².